The second-order valence-corrected chi connectivity index (χ2v) is 17.6. The zero-order valence-electron chi connectivity index (χ0n) is 36.8. The van der Waals surface area contributed by atoms with Crippen LogP contribution in [0.1, 0.15) is 22.3 Å². The average Bonchev–Trinajstić information content (AvgIpc) is 3.90. The first kappa shape index (κ1) is 38.7. The van der Waals surface area contributed by atoms with Gasteiger partial charge in [0.05, 0.1) is 22.1 Å². The van der Waals surface area contributed by atoms with Crippen molar-refractivity contribution in [2.75, 3.05) is 4.90 Å². The van der Waals surface area contributed by atoms with Crippen molar-refractivity contribution in [1.82, 2.24) is 4.57 Å². The third kappa shape index (κ3) is 6.11. The first-order valence-electron chi connectivity index (χ1n) is 23.2. The third-order valence-electron chi connectivity index (χ3n) is 14.1. The van der Waals surface area contributed by atoms with E-state index in [-0.39, 0.29) is 0 Å². The Bertz CT molecular complexity index is 3710. The van der Waals surface area contributed by atoms with Gasteiger partial charge < -0.3 is 9.47 Å². The lowest BCUT2D eigenvalue weighted by atomic mass is 9.67. The molecule has 67 heavy (non-hydrogen) atoms. The number of anilines is 3. The van der Waals surface area contributed by atoms with Gasteiger partial charge in [0.15, 0.2) is 0 Å². The molecule has 1 aliphatic carbocycles. The molecule has 1 heterocycles. The van der Waals surface area contributed by atoms with Gasteiger partial charge in [0.25, 0.3) is 0 Å². The number of hydrogen-bond acceptors (Lipinski definition) is 1. The topological polar surface area (TPSA) is 8.17 Å². The van der Waals surface area contributed by atoms with Crippen LogP contribution in [0.15, 0.2) is 267 Å². The van der Waals surface area contributed by atoms with Crippen molar-refractivity contribution in [3.63, 3.8) is 0 Å². The SMILES string of the molecule is c1ccc(C2(c3ccccc3)c3ccccc3-c3ccc(N(c4ccc(-c5ccccc5-n5c6ccccc6c6ccccc65)cc4)c4cccc(-c5cccc6ccccc56)c4)cc32)cc1. The molecule has 13 rings (SSSR count). The second kappa shape index (κ2) is 15.8. The number of rotatable bonds is 8. The molecule has 0 saturated carbocycles. The molecule has 1 aliphatic rings. The van der Waals surface area contributed by atoms with Crippen LogP contribution >= 0.6 is 0 Å². The Morgan fingerprint density at radius 1 is 0.299 bits per heavy atom. The minimum absolute atomic E-state index is 0.526. The molecule has 314 valence electrons. The van der Waals surface area contributed by atoms with Crippen LogP contribution in [-0.2, 0) is 5.41 Å². The predicted octanol–water partition coefficient (Wildman–Crippen LogP) is 17.1. The summed E-state index contributed by atoms with van der Waals surface area (Å²) >= 11 is 0. The van der Waals surface area contributed by atoms with Crippen molar-refractivity contribution in [2.45, 2.75) is 5.41 Å². The highest BCUT2D eigenvalue weighted by Gasteiger charge is 2.46. The highest BCUT2D eigenvalue weighted by molar-refractivity contribution is 6.10. The summed E-state index contributed by atoms with van der Waals surface area (Å²) in [6.07, 6.45) is 0. The van der Waals surface area contributed by atoms with Crippen molar-refractivity contribution in [3.05, 3.63) is 289 Å². The van der Waals surface area contributed by atoms with Crippen molar-refractivity contribution in [1.29, 1.82) is 0 Å². The fraction of sp³-hybridized carbons (Fsp3) is 0.0154. The van der Waals surface area contributed by atoms with Crippen LogP contribution in [-0.4, -0.2) is 4.57 Å². The molecule has 0 saturated heterocycles. The Morgan fingerprint density at radius 3 is 1.55 bits per heavy atom. The Morgan fingerprint density at radius 2 is 0.821 bits per heavy atom. The summed E-state index contributed by atoms with van der Waals surface area (Å²) in [6, 6.07) is 98.1. The maximum Gasteiger partial charge on any atom is 0.0714 e. The van der Waals surface area contributed by atoms with Gasteiger partial charge in [0.1, 0.15) is 0 Å². The van der Waals surface area contributed by atoms with Crippen molar-refractivity contribution in [3.8, 4) is 39.1 Å². The van der Waals surface area contributed by atoms with Crippen LogP contribution in [0, 0.1) is 0 Å². The predicted molar refractivity (Wildman–Crippen MR) is 281 cm³/mol. The van der Waals surface area contributed by atoms with Crippen molar-refractivity contribution < 1.29 is 0 Å². The number of nitrogens with zero attached hydrogens (tertiary/aromatic N) is 2. The zero-order chi connectivity index (χ0) is 44.3. The molecule has 12 aromatic rings. The second-order valence-electron chi connectivity index (χ2n) is 17.6. The molecule has 0 radical (unpaired) electrons. The van der Waals surface area contributed by atoms with E-state index in [0.717, 1.165) is 28.3 Å². The molecular formula is C65H44N2. The molecule has 11 aromatic carbocycles. The molecule has 1 aromatic heterocycles. The number of aromatic nitrogens is 1. The van der Waals surface area contributed by atoms with Gasteiger partial charge in [0.2, 0.25) is 0 Å². The molecule has 0 aliphatic heterocycles. The molecular weight excluding hydrogens is 809 g/mol. The summed E-state index contributed by atoms with van der Waals surface area (Å²) in [6.45, 7) is 0. The normalized spacial score (nSPS) is 12.6. The monoisotopic (exact) mass is 852 g/mol. The molecule has 0 amide bonds. The molecule has 0 spiro atoms. The Kier molecular flexibility index (Phi) is 9.11. The molecule has 2 nitrogen and oxygen atoms in total. The smallest absolute Gasteiger partial charge is 0.0714 e. The van der Waals surface area contributed by atoms with E-state index in [1.165, 1.54) is 82.6 Å². The minimum atomic E-state index is -0.526. The van der Waals surface area contributed by atoms with Crippen LogP contribution in [0.4, 0.5) is 17.1 Å². The third-order valence-corrected chi connectivity index (χ3v) is 14.1. The fourth-order valence-corrected chi connectivity index (χ4v) is 11.2. The zero-order valence-corrected chi connectivity index (χ0v) is 36.8. The summed E-state index contributed by atoms with van der Waals surface area (Å²) in [4.78, 5) is 2.45. The Labute approximate surface area is 390 Å². The van der Waals surface area contributed by atoms with E-state index in [4.69, 9.17) is 0 Å². The van der Waals surface area contributed by atoms with E-state index in [9.17, 15) is 0 Å². The van der Waals surface area contributed by atoms with E-state index < -0.39 is 5.41 Å². The van der Waals surface area contributed by atoms with Crippen LogP contribution in [0.5, 0.6) is 0 Å². The summed E-state index contributed by atoms with van der Waals surface area (Å²) < 4.78 is 2.42. The highest BCUT2D eigenvalue weighted by Crippen LogP contribution is 2.57. The Balaban J connectivity index is 1.01. The van der Waals surface area contributed by atoms with Crippen molar-refractivity contribution in [2.24, 2.45) is 0 Å². The van der Waals surface area contributed by atoms with Gasteiger partial charge in [-0.2, -0.15) is 0 Å². The molecule has 0 atom stereocenters. The molecule has 0 N–H and O–H groups in total. The maximum absolute atomic E-state index is 2.46. The van der Waals surface area contributed by atoms with Gasteiger partial charge in [-0.1, -0.05) is 212 Å². The number of para-hydroxylation sites is 3. The fourth-order valence-electron chi connectivity index (χ4n) is 11.2. The molecule has 0 bridgehead atoms. The number of benzene rings is 11. The van der Waals surface area contributed by atoms with E-state index in [0.29, 0.717) is 0 Å². The van der Waals surface area contributed by atoms with Crippen LogP contribution in [0.3, 0.4) is 0 Å². The first-order chi connectivity index (χ1) is 33.3. The number of hydrogen-bond donors (Lipinski definition) is 0. The van der Waals surface area contributed by atoms with Gasteiger partial charge >= 0.3 is 0 Å². The van der Waals surface area contributed by atoms with Crippen molar-refractivity contribution >= 4 is 49.6 Å². The lowest BCUT2D eigenvalue weighted by Gasteiger charge is -2.35. The van der Waals surface area contributed by atoms with E-state index in [1.54, 1.807) is 0 Å². The molecule has 2 heteroatoms. The quantitative estimate of drug-likeness (QED) is 0.148. The maximum atomic E-state index is 2.46. The van der Waals surface area contributed by atoms with Gasteiger partial charge in [-0.25, -0.2) is 0 Å². The van der Waals surface area contributed by atoms with Gasteiger partial charge in [0, 0.05) is 33.4 Å². The summed E-state index contributed by atoms with van der Waals surface area (Å²) in [5, 5.41) is 4.98. The van der Waals surface area contributed by atoms with E-state index in [2.05, 4.69) is 276 Å². The Hall–Kier alpha value is -8.72. The van der Waals surface area contributed by atoms with Gasteiger partial charge in [-0.15, -0.1) is 0 Å². The largest absolute Gasteiger partial charge is 0.310 e. The minimum Gasteiger partial charge on any atom is -0.310 e. The first-order valence-corrected chi connectivity index (χ1v) is 23.2. The summed E-state index contributed by atoms with van der Waals surface area (Å²) in [5.74, 6) is 0. The van der Waals surface area contributed by atoms with E-state index >= 15 is 0 Å². The standard InChI is InChI=1S/C65H44N2/c1-3-22-48(23-4-1)65(49-24-5-2-6-25-49)60-33-13-9-29-56(60)57-42-41-52(44-61(57)65)66(51-26-17-21-47(43-51)54-32-18-20-45-19-7-8-27-53(45)54)50-39-37-46(38-40-50)55-28-10-14-34-62(55)67-63-35-15-11-30-58(63)59-31-12-16-36-64(59)67/h1-44H. The van der Waals surface area contributed by atoms with Crippen LogP contribution in [0.25, 0.3) is 71.6 Å². The lowest BCUT2D eigenvalue weighted by Crippen LogP contribution is -2.28. The highest BCUT2D eigenvalue weighted by atomic mass is 15.1. The van der Waals surface area contributed by atoms with Gasteiger partial charge in [-0.05, 0) is 115 Å². The molecule has 0 unspecified atom stereocenters. The summed E-state index contributed by atoms with van der Waals surface area (Å²) in [5.41, 5.74) is 18.6. The lowest BCUT2D eigenvalue weighted by molar-refractivity contribution is 0.768. The van der Waals surface area contributed by atoms with Crippen LogP contribution in [0.2, 0.25) is 0 Å². The average molecular weight is 853 g/mol. The number of fused-ring (bicyclic) bond motifs is 7. The summed E-state index contributed by atoms with van der Waals surface area (Å²) in [7, 11) is 0. The van der Waals surface area contributed by atoms with Crippen LogP contribution < -0.4 is 4.90 Å². The molecule has 0 fully saturated rings. The van der Waals surface area contributed by atoms with E-state index in [1.807, 2.05) is 0 Å². The van der Waals surface area contributed by atoms with Gasteiger partial charge in [-0.3, -0.25) is 0 Å².